The lowest BCUT2D eigenvalue weighted by atomic mass is 9.92. The van der Waals surface area contributed by atoms with Crippen LogP contribution >= 0.6 is 0 Å². The molecule has 0 amide bonds. The van der Waals surface area contributed by atoms with Crippen molar-refractivity contribution in [2.75, 3.05) is 7.05 Å². The number of aryl methyl sites for hydroxylation is 1. The molecule has 1 heterocycles. The molecule has 2 aromatic rings. The Morgan fingerprint density at radius 2 is 2.05 bits per heavy atom. The molecule has 0 unspecified atom stereocenters. The Labute approximate surface area is 132 Å². The van der Waals surface area contributed by atoms with Gasteiger partial charge in [-0.15, -0.1) is 0 Å². The molecule has 0 saturated heterocycles. The van der Waals surface area contributed by atoms with Gasteiger partial charge in [0.15, 0.2) is 0 Å². The van der Waals surface area contributed by atoms with Crippen LogP contribution in [0, 0.1) is 0 Å². The smallest absolute Gasteiger partial charge is 0.0461 e. The van der Waals surface area contributed by atoms with E-state index in [-0.39, 0.29) is 0 Å². The lowest BCUT2D eigenvalue weighted by Crippen LogP contribution is -2.00. The van der Waals surface area contributed by atoms with Crippen LogP contribution in [0.25, 0.3) is 22.0 Å². The van der Waals surface area contributed by atoms with Gasteiger partial charge in [-0.1, -0.05) is 18.2 Å². The minimum absolute atomic E-state index is 1.12. The van der Waals surface area contributed by atoms with Crippen molar-refractivity contribution < 1.29 is 0 Å². The zero-order chi connectivity index (χ0) is 15.7. The van der Waals surface area contributed by atoms with Crippen molar-refractivity contribution in [2.45, 2.75) is 39.5 Å². The number of rotatable bonds is 2. The number of nitrogens with one attached hydrogen (secondary N) is 1. The molecule has 0 saturated carbocycles. The predicted molar refractivity (Wildman–Crippen MR) is 97.6 cm³/mol. The number of H-pyrrole nitrogens is 1. The lowest BCUT2D eigenvalue weighted by Gasteiger charge is -2.14. The van der Waals surface area contributed by atoms with Gasteiger partial charge in [0.1, 0.15) is 0 Å². The van der Waals surface area contributed by atoms with Gasteiger partial charge in [-0.25, -0.2) is 0 Å². The van der Waals surface area contributed by atoms with Crippen LogP contribution in [0.15, 0.2) is 35.3 Å². The average Bonchev–Trinajstić information content (AvgIpc) is 2.85. The molecule has 1 N–H and O–H groups in total. The van der Waals surface area contributed by atoms with Gasteiger partial charge < -0.3 is 4.98 Å². The maximum Gasteiger partial charge on any atom is 0.0461 e. The van der Waals surface area contributed by atoms with Gasteiger partial charge in [0.05, 0.1) is 0 Å². The molecule has 0 spiro atoms. The summed E-state index contributed by atoms with van der Waals surface area (Å²) in [4.78, 5) is 7.88. The van der Waals surface area contributed by atoms with Crippen LogP contribution in [0.4, 0.5) is 0 Å². The maximum atomic E-state index is 4.24. The third-order valence-electron chi connectivity index (χ3n) is 4.66. The maximum absolute atomic E-state index is 4.24. The first kappa shape index (κ1) is 14.8. The Hall–Kier alpha value is -2.09. The van der Waals surface area contributed by atoms with E-state index in [1.165, 1.54) is 51.7 Å². The first-order chi connectivity index (χ1) is 10.6. The number of aromatic nitrogens is 1. The number of hydrogen-bond donors (Lipinski definition) is 1. The number of fused-ring (bicyclic) bond motifs is 3. The monoisotopic (exact) mass is 292 g/mol. The molecule has 0 fully saturated rings. The van der Waals surface area contributed by atoms with Crippen molar-refractivity contribution in [2.24, 2.45) is 4.99 Å². The first-order valence-electron chi connectivity index (χ1n) is 8.04. The third-order valence-corrected chi connectivity index (χ3v) is 4.66. The Bertz CT molecular complexity index is 787. The molecular weight excluding hydrogens is 268 g/mol. The van der Waals surface area contributed by atoms with Gasteiger partial charge in [0.25, 0.3) is 0 Å². The fraction of sp³-hybridized carbons (Fsp3) is 0.350. The highest BCUT2D eigenvalue weighted by atomic mass is 14.7. The zero-order valence-corrected chi connectivity index (χ0v) is 13.8. The molecule has 0 atom stereocenters. The van der Waals surface area contributed by atoms with E-state index in [1.807, 2.05) is 13.3 Å². The average molecular weight is 292 g/mol. The highest BCUT2D eigenvalue weighted by Crippen LogP contribution is 2.34. The van der Waals surface area contributed by atoms with E-state index in [1.54, 1.807) is 0 Å². The van der Waals surface area contributed by atoms with E-state index in [9.17, 15) is 0 Å². The summed E-state index contributed by atoms with van der Waals surface area (Å²) in [5, 5.41) is 1.35. The fourth-order valence-corrected chi connectivity index (χ4v) is 3.38. The second-order valence-electron chi connectivity index (χ2n) is 6.26. The Balaban J connectivity index is 2.25. The molecule has 0 bridgehead atoms. The van der Waals surface area contributed by atoms with Crippen LogP contribution in [0.3, 0.4) is 0 Å². The summed E-state index contributed by atoms with van der Waals surface area (Å²) >= 11 is 0. The Morgan fingerprint density at radius 1 is 1.27 bits per heavy atom. The van der Waals surface area contributed by atoms with E-state index >= 15 is 0 Å². The van der Waals surface area contributed by atoms with Crippen LogP contribution in [-0.2, 0) is 6.42 Å². The number of aliphatic imine (C=N–C) groups is 1. The second-order valence-corrected chi connectivity index (χ2v) is 6.26. The molecule has 2 heteroatoms. The molecule has 0 radical (unpaired) electrons. The van der Waals surface area contributed by atoms with E-state index < -0.39 is 0 Å². The SMILES string of the molecule is C=C(C)c1ccc2[nH]c3c(c2c1)CCCC/C(C=NC)=C\3C. The minimum atomic E-state index is 1.12. The number of aromatic amines is 1. The minimum Gasteiger partial charge on any atom is -0.355 e. The summed E-state index contributed by atoms with van der Waals surface area (Å²) in [5.41, 5.74) is 9.02. The second kappa shape index (κ2) is 5.96. The van der Waals surface area contributed by atoms with Crippen molar-refractivity contribution in [3.8, 4) is 0 Å². The molecule has 0 aliphatic heterocycles. The summed E-state index contributed by atoms with van der Waals surface area (Å²) < 4.78 is 0. The highest BCUT2D eigenvalue weighted by Gasteiger charge is 2.17. The third kappa shape index (κ3) is 2.54. The molecule has 1 aromatic heterocycles. The van der Waals surface area contributed by atoms with Crippen LogP contribution in [-0.4, -0.2) is 18.2 Å². The molecule has 1 aliphatic carbocycles. The number of hydrogen-bond acceptors (Lipinski definition) is 1. The lowest BCUT2D eigenvalue weighted by molar-refractivity contribution is 0.736. The van der Waals surface area contributed by atoms with Gasteiger partial charge in [-0.3, -0.25) is 4.99 Å². The molecule has 114 valence electrons. The molecule has 22 heavy (non-hydrogen) atoms. The summed E-state index contributed by atoms with van der Waals surface area (Å²) in [7, 11) is 1.85. The Morgan fingerprint density at radius 3 is 2.77 bits per heavy atom. The van der Waals surface area contributed by atoms with Crippen LogP contribution in [0.1, 0.15) is 49.9 Å². The first-order valence-corrected chi connectivity index (χ1v) is 8.04. The quantitative estimate of drug-likeness (QED) is 0.718. The van der Waals surface area contributed by atoms with Crippen LogP contribution in [0.2, 0.25) is 0 Å². The Kier molecular flexibility index (Phi) is 4.02. The van der Waals surface area contributed by atoms with E-state index in [4.69, 9.17) is 0 Å². The predicted octanol–water partition coefficient (Wildman–Crippen LogP) is 5.40. The zero-order valence-electron chi connectivity index (χ0n) is 13.8. The van der Waals surface area contributed by atoms with Crippen molar-refractivity contribution >= 4 is 28.3 Å². The van der Waals surface area contributed by atoms with Crippen molar-refractivity contribution in [3.63, 3.8) is 0 Å². The highest BCUT2D eigenvalue weighted by molar-refractivity contribution is 5.96. The van der Waals surface area contributed by atoms with Gasteiger partial charge >= 0.3 is 0 Å². The van der Waals surface area contributed by atoms with Gasteiger partial charge in [-0.05, 0) is 73.9 Å². The van der Waals surface area contributed by atoms with Crippen molar-refractivity contribution in [1.29, 1.82) is 0 Å². The van der Waals surface area contributed by atoms with Gasteiger partial charge in [-0.2, -0.15) is 0 Å². The molecule has 3 rings (SSSR count). The van der Waals surface area contributed by atoms with Crippen LogP contribution < -0.4 is 0 Å². The number of allylic oxidation sites excluding steroid dienone is 3. The number of nitrogens with zero attached hydrogens (tertiary/aromatic N) is 1. The van der Waals surface area contributed by atoms with E-state index in [0.717, 1.165) is 18.4 Å². The normalized spacial score (nSPS) is 19.2. The summed E-state index contributed by atoms with van der Waals surface area (Å²) in [6, 6.07) is 6.63. The van der Waals surface area contributed by atoms with Crippen molar-refractivity contribution in [1.82, 2.24) is 4.98 Å². The van der Waals surface area contributed by atoms with Gasteiger partial charge in [0.2, 0.25) is 0 Å². The van der Waals surface area contributed by atoms with E-state index in [2.05, 4.69) is 48.6 Å². The summed E-state index contributed by atoms with van der Waals surface area (Å²) in [6.07, 6.45) is 6.74. The largest absolute Gasteiger partial charge is 0.355 e. The standard InChI is InChI=1S/C20H24N2/c1-13(2)15-9-10-19-18(11-15)17-8-6-5-7-16(12-21-4)14(3)20(17)22-19/h9-12,22H,1,5-8H2,2-4H3/b16-14+,21-12?. The molecule has 2 nitrogen and oxygen atoms in total. The number of benzene rings is 1. The topological polar surface area (TPSA) is 28.1 Å². The molecule has 1 aromatic carbocycles. The summed E-state index contributed by atoms with van der Waals surface area (Å²) in [6.45, 7) is 8.36. The van der Waals surface area contributed by atoms with Crippen molar-refractivity contribution in [3.05, 3.63) is 47.2 Å². The van der Waals surface area contributed by atoms with Crippen LogP contribution in [0.5, 0.6) is 0 Å². The summed E-state index contributed by atoms with van der Waals surface area (Å²) in [5.74, 6) is 0. The van der Waals surface area contributed by atoms with E-state index in [0.29, 0.717) is 0 Å². The van der Waals surface area contributed by atoms with Gasteiger partial charge in [0, 0.05) is 29.9 Å². The molecular formula is C20H24N2. The fourth-order valence-electron chi connectivity index (χ4n) is 3.38. The molecule has 1 aliphatic rings.